The van der Waals surface area contributed by atoms with Crippen LogP contribution in [0, 0.1) is 0 Å². The Morgan fingerprint density at radius 2 is 2.09 bits per heavy atom. The number of hydrogen-bond acceptors (Lipinski definition) is 4. The Kier molecular flexibility index (Phi) is 5.44. The van der Waals surface area contributed by atoms with E-state index in [0.29, 0.717) is 18.8 Å². The minimum Gasteiger partial charge on any atom is -0.494 e. The first kappa shape index (κ1) is 16.4. The largest absolute Gasteiger partial charge is 0.494 e. The number of ether oxygens (including phenoxy) is 1. The molecule has 0 amide bonds. The molecule has 2 rings (SSSR count). The Bertz CT molecular complexity index is 698. The molecule has 0 saturated heterocycles. The summed E-state index contributed by atoms with van der Waals surface area (Å²) in [5.74, 6) is 0.817. The lowest BCUT2D eigenvalue weighted by Gasteiger charge is -2.14. The molecule has 0 spiro atoms. The summed E-state index contributed by atoms with van der Waals surface area (Å²) < 4.78 is 6.94. The van der Waals surface area contributed by atoms with E-state index in [1.54, 1.807) is 6.20 Å². The summed E-state index contributed by atoms with van der Waals surface area (Å²) in [7, 11) is 0. The summed E-state index contributed by atoms with van der Waals surface area (Å²) in [6, 6.07) is 7.71. The third-order valence-corrected chi connectivity index (χ3v) is 3.54. The summed E-state index contributed by atoms with van der Waals surface area (Å²) in [6.45, 7) is 6.81. The van der Waals surface area contributed by atoms with E-state index in [2.05, 4.69) is 10.4 Å². The van der Waals surface area contributed by atoms with Crippen molar-refractivity contribution in [1.29, 1.82) is 0 Å². The molecule has 1 N–H and O–H groups in total. The fourth-order valence-corrected chi connectivity index (χ4v) is 2.27. The summed E-state index contributed by atoms with van der Waals surface area (Å²) in [4.78, 5) is 12.1. The smallest absolute Gasteiger partial charge is 0.287 e. The molecule has 0 aliphatic carbocycles. The van der Waals surface area contributed by atoms with Crippen molar-refractivity contribution in [3.05, 3.63) is 51.4 Å². The highest BCUT2D eigenvalue weighted by Crippen LogP contribution is 2.21. The predicted octanol–water partition coefficient (Wildman–Crippen LogP) is 3.49. The molecular formula is C16H20ClN3O2. The number of nitrogens with one attached hydrogen (secondary N) is 1. The third-order valence-electron chi connectivity index (χ3n) is 3.17. The zero-order valence-corrected chi connectivity index (χ0v) is 13.7. The minimum absolute atomic E-state index is 0.0299. The molecular weight excluding hydrogens is 302 g/mol. The number of nitrogens with zero attached hydrogens (tertiary/aromatic N) is 2. The van der Waals surface area contributed by atoms with Crippen LogP contribution < -0.4 is 15.6 Å². The molecule has 5 nitrogen and oxygen atoms in total. The van der Waals surface area contributed by atoms with Crippen molar-refractivity contribution < 1.29 is 4.74 Å². The van der Waals surface area contributed by atoms with Gasteiger partial charge in [-0.1, -0.05) is 29.8 Å². The van der Waals surface area contributed by atoms with E-state index in [1.165, 1.54) is 4.68 Å². The minimum atomic E-state index is -0.292. The molecule has 0 atom stereocenters. The second kappa shape index (κ2) is 7.31. The van der Waals surface area contributed by atoms with Crippen LogP contribution in [-0.2, 0) is 6.54 Å². The molecule has 22 heavy (non-hydrogen) atoms. The van der Waals surface area contributed by atoms with Gasteiger partial charge in [0, 0.05) is 12.1 Å². The maximum atomic E-state index is 12.1. The van der Waals surface area contributed by atoms with Gasteiger partial charge in [0.1, 0.15) is 10.8 Å². The lowest BCUT2D eigenvalue weighted by molar-refractivity contribution is 0.337. The van der Waals surface area contributed by atoms with Gasteiger partial charge in [0.05, 0.1) is 24.5 Å². The van der Waals surface area contributed by atoms with E-state index in [9.17, 15) is 4.79 Å². The first-order chi connectivity index (χ1) is 10.5. The van der Waals surface area contributed by atoms with Gasteiger partial charge >= 0.3 is 0 Å². The summed E-state index contributed by atoms with van der Waals surface area (Å²) in [5.41, 5.74) is 1.23. The molecule has 0 bridgehead atoms. The maximum Gasteiger partial charge on any atom is 0.287 e. The average Bonchev–Trinajstić information content (AvgIpc) is 2.50. The van der Waals surface area contributed by atoms with Crippen LogP contribution in [0.2, 0.25) is 5.02 Å². The van der Waals surface area contributed by atoms with Crippen LogP contribution in [0.4, 0.5) is 5.69 Å². The SMILES string of the molecule is CCOc1ccccc1CNc1cnn(C(C)C)c(=O)c1Cl. The topological polar surface area (TPSA) is 56.1 Å². The molecule has 0 aliphatic rings. The molecule has 0 radical (unpaired) electrons. The molecule has 118 valence electrons. The Morgan fingerprint density at radius 1 is 1.36 bits per heavy atom. The first-order valence-electron chi connectivity index (χ1n) is 7.26. The zero-order chi connectivity index (χ0) is 16.1. The van der Waals surface area contributed by atoms with Gasteiger partial charge in [0.25, 0.3) is 5.56 Å². The number of aromatic nitrogens is 2. The van der Waals surface area contributed by atoms with Gasteiger partial charge in [0.15, 0.2) is 0 Å². The van der Waals surface area contributed by atoms with Crippen molar-refractivity contribution in [2.45, 2.75) is 33.4 Å². The molecule has 6 heteroatoms. The summed E-state index contributed by atoms with van der Waals surface area (Å²) >= 11 is 6.14. The third kappa shape index (κ3) is 3.60. The summed E-state index contributed by atoms with van der Waals surface area (Å²) in [6.07, 6.45) is 1.58. The Balaban J connectivity index is 2.19. The van der Waals surface area contributed by atoms with Gasteiger partial charge in [-0.05, 0) is 26.8 Å². The number of anilines is 1. The molecule has 0 aliphatic heterocycles. The van der Waals surface area contributed by atoms with E-state index in [0.717, 1.165) is 11.3 Å². The van der Waals surface area contributed by atoms with Gasteiger partial charge in [-0.15, -0.1) is 0 Å². The van der Waals surface area contributed by atoms with Crippen LogP contribution >= 0.6 is 11.6 Å². The van der Waals surface area contributed by atoms with Crippen LogP contribution in [0.25, 0.3) is 0 Å². The zero-order valence-electron chi connectivity index (χ0n) is 13.0. The second-order valence-corrected chi connectivity index (χ2v) is 5.49. The number of halogens is 1. The fourth-order valence-electron chi connectivity index (χ4n) is 2.07. The average molecular weight is 322 g/mol. The highest BCUT2D eigenvalue weighted by Gasteiger charge is 2.11. The van der Waals surface area contributed by atoms with Crippen LogP contribution in [0.5, 0.6) is 5.75 Å². The first-order valence-corrected chi connectivity index (χ1v) is 7.64. The monoisotopic (exact) mass is 321 g/mol. The maximum absolute atomic E-state index is 12.1. The number of para-hydroxylation sites is 1. The highest BCUT2D eigenvalue weighted by molar-refractivity contribution is 6.32. The lowest BCUT2D eigenvalue weighted by Crippen LogP contribution is -2.25. The van der Waals surface area contributed by atoms with Crippen LogP contribution in [0.15, 0.2) is 35.3 Å². The molecule has 1 aromatic carbocycles. The van der Waals surface area contributed by atoms with Gasteiger partial charge < -0.3 is 10.1 Å². The number of rotatable bonds is 6. The van der Waals surface area contributed by atoms with Crippen molar-refractivity contribution in [1.82, 2.24) is 9.78 Å². The van der Waals surface area contributed by atoms with Gasteiger partial charge in [-0.3, -0.25) is 4.79 Å². The predicted molar refractivity (Wildman–Crippen MR) is 88.8 cm³/mol. The summed E-state index contributed by atoms with van der Waals surface area (Å²) in [5, 5.41) is 7.43. The van der Waals surface area contributed by atoms with Crippen molar-refractivity contribution >= 4 is 17.3 Å². The van der Waals surface area contributed by atoms with Gasteiger partial charge in [0.2, 0.25) is 0 Å². The highest BCUT2D eigenvalue weighted by atomic mass is 35.5. The lowest BCUT2D eigenvalue weighted by atomic mass is 10.2. The molecule has 1 aromatic heterocycles. The van der Waals surface area contributed by atoms with Crippen LogP contribution in [0.1, 0.15) is 32.4 Å². The van der Waals surface area contributed by atoms with Crippen molar-refractivity contribution in [2.75, 3.05) is 11.9 Å². The fraction of sp³-hybridized carbons (Fsp3) is 0.375. The number of hydrogen-bond donors (Lipinski definition) is 1. The molecule has 0 unspecified atom stereocenters. The number of benzene rings is 1. The quantitative estimate of drug-likeness (QED) is 0.885. The van der Waals surface area contributed by atoms with Gasteiger partial charge in [-0.2, -0.15) is 5.10 Å². The van der Waals surface area contributed by atoms with Crippen LogP contribution in [-0.4, -0.2) is 16.4 Å². The van der Waals surface area contributed by atoms with Crippen molar-refractivity contribution in [3.63, 3.8) is 0 Å². The van der Waals surface area contributed by atoms with E-state index >= 15 is 0 Å². The molecule has 0 saturated carbocycles. The standard InChI is InChI=1S/C16H20ClN3O2/c1-4-22-14-8-6-5-7-12(14)9-18-13-10-19-20(11(2)3)16(21)15(13)17/h5-8,10-11,18H,4,9H2,1-3H3. The molecule has 2 aromatic rings. The van der Waals surface area contributed by atoms with E-state index in [1.807, 2.05) is 45.0 Å². The van der Waals surface area contributed by atoms with E-state index in [4.69, 9.17) is 16.3 Å². The Labute approximate surface area is 134 Å². The van der Waals surface area contributed by atoms with Gasteiger partial charge in [-0.25, -0.2) is 4.68 Å². The Hall–Kier alpha value is -2.01. The van der Waals surface area contributed by atoms with Crippen molar-refractivity contribution in [3.8, 4) is 5.75 Å². The normalized spacial score (nSPS) is 10.8. The van der Waals surface area contributed by atoms with E-state index < -0.39 is 0 Å². The van der Waals surface area contributed by atoms with Crippen LogP contribution in [0.3, 0.4) is 0 Å². The molecule has 1 heterocycles. The van der Waals surface area contributed by atoms with E-state index in [-0.39, 0.29) is 16.6 Å². The second-order valence-electron chi connectivity index (χ2n) is 5.11. The Morgan fingerprint density at radius 3 is 2.77 bits per heavy atom. The van der Waals surface area contributed by atoms with Crippen molar-refractivity contribution in [2.24, 2.45) is 0 Å². The molecule has 0 fully saturated rings.